The van der Waals surface area contributed by atoms with Gasteiger partial charge in [-0.1, -0.05) is 22.0 Å². The zero-order valence-electron chi connectivity index (χ0n) is 10.6. The average molecular weight is 325 g/mol. The molecule has 0 aliphatic heterocycles. The summed E-state index contributed by atoms with van der Waals surface area (Å²) in [5.74, 6) is 0. The first-order valence-corrected chi connectivity index (χ1v) is 7.55. The van der Waals surface area contributed by atoms with Crippen molar-refractivity contribution in [2.24, 2.45) is 0 Å². The fraction of sp³-hybridized carbons (Fsp3) is 0.286. The largest absolute Gasteiger partial charge is 0.397 e. The van der Waals surface area contributed by atoms with Crippen LogP contribution in [0, 0.1) is 0 Å². The van der Waals surface area contributed by atoms with Crippen LogP contribution in [0.3, 0.4) is 0 Å². The van der Waals surface area contributed by atoms with E-state index < -0.39 is 0 Å². The first-order chi connectivity index (χ1) is 8.58. The number of nitrogen functional groups attached to an aromatic ring is 1. The summed E-state index contributed by atoms with van der Waals surface area (Å²) in [6.07, 6.45) is 1.05. The van der Waals surface area contributed by atoms with Gasteiger partial charge in [-0.15, -0.1) is 11.3 Å². The Labute approximate surface area is 121 Å². The molecule has 0 aliphatic carbocycles. The zero-order chi connectivity index (χ0) is 13.1. The Bertz CT molecular complexity index is 511. The van der Waals surface area contributed by atoms with E-state index in [0.717, 1.165) is 22.3 Å². The SMILES string of the molecule is CC(Cc1cccs1)N(C)c1ccc(Br)cc1N. The quantitative estimate of drug-likeness (QED) is 0.855. The summed E-state index contributed by atoms with van der Waals surface area (Å²) >= 11 is 5.24. The van der Waals surface area contributed by atoms with Crippen molar-refractivity contribution in [1.82, 2.24) is 0 Å². The van der Waals surface area contributed by atoms with Crippen LogP contribution in [0.4, 0.5) is 11.4 Å². The molecule has 2 N–H and O–H groups in total. The molecule has 1 atom stereocenters. The predicted octanol–water partition coefficient (Wildman–Crippen LogP) is 4.16. The van der Waals surface area contributed by atoms with Gasteiger partial charge < -0.3 is 10.6 Å². The van der Waals surface area contributed by atoms with Gasteiger partial charge in [-0.2, -0.15) is 0 Å². The molecule has 0 radical (unpaired) electrons. The highest BCUT2D eigenvalue weighted by Gasteiger charge is 2.13. The number of likely N-dealkylation sites (N-methyl/N-ethyl adjacent to an activating group) is 1. The molecule has 0 spiro atoms. The standard InChI is InChI=1S/C14H17BrN2S/c1-10(8-12-4-3-7-18-12)17(2)14-6-5-11(15)9-13(14)16/h3-7,9-10H,8,16H2,1-2H3. The number of nitrogens with two attached hydrogens (primary N) is 1. The number of rotatable bonds is 4. The van der Waals surface area contributed by atoms with Crippen molar-refractivity contribution in [3.05, 3.63) is 45.1 Å². The summed E-state index contributed by atoms with van der Waals surface area (Å²) in [5.41, 5.74) is 7.96. The highest BCUT2D eigenvalue weighted by molar-refractivity contribution is 9.10. The molecule has 1 unspecified atom stereocenters. The Hall–Kier alpha value is -1.00. The number of halogens is 1. The highest BCUT2D eigenvalue weighted by atomic mass is 79.9. The Morgan fingerprint density at radius 1 is 1.39 bits per heavy atom. The number of benzene rings is 1. The third kappa shape index (κ3) is 3.06. The molecule has 2 rings (SSSR count). The number of anilines is 2. The second kappa shape index (κ2) is 5.76. The molecule has 0 bridgehead atoms. The molecule has 4 heteroatoms. The Morgan fingerprint density at radius 3 is 2.78 bits per heavy atom. The molecule has 0 saturated heterocycles. The Kier molecular flexibility index (Phi) is 4.30. The summed E-state index contributed by atoms with van der Waals surface area (Å²) in [6, 6.07) is 10.7. The van der Waals surface area contributed by atoms with Crippen molar-refractivity contribution in [3.63, 3.8) is 0 Å². The van der Waals surface area contributed by atoms with Gasteiger partial charge in [0.25, 0.3) is 0 Å². The molecule has 1 heterocycles. The summed E-state index contributed by atoms with van der Waals surface area (Å²) in [6.45, 7) is 2.22. The third-order valence-electron chi connectivity index (χ3n) is 3.11. The number of hydrogen-bond donors (Lipinski definition) is 1. The van der Waals surface area contributed by atoms with Crippen LogP contribution in [0.15, 0.2) is 40.2 Å². The van der Waals surface area contributed by atoms with E-state index in [1.54, 1.807) is 11.3 Å². The van der Waals surface area contributed by atoms with Crippen LogP contribution >= 0.6 is 27.3 Å². The molecule has 0 fully saturated rings. The topological polar surface area (TPSA) is 29.3 Å². The van der Waals surface area contributed by atoms with Crippen LogP contribution in [0.5, 0.6) is 0 Å². The van der Waals surface area contributed by atoms with Gasteiger partial charge in [0.2, 0.25) is 0 Å². The maximum absolute atomic E-state index is 6.06. The molecule has 96 valence electrons. The normalized spacial score (nSPS) is 12.4. The van der Waals surface area contributed by atoms with E-state index in [0.29, 0.717) is 6.04 Å². The van der Waals surface area contributed by atoms with Gasteiger partial charge in [-0.05, 0) is 36.6 Å². The molecular formula is C14H17BrN2S. The van der Waals surface area contributed by atoms with Crippen molar-refractivity contribution in [1.29, 1.82) is 0 Å². The lowest BCUT2D eigenvalue weighted by Crippen LogP contribution is -2.31. The van der Waals surface area contributed by atoms with Crippen LogP contribution in [0.25, 0.3) is 0 Å². The van der Waals surface area contributed by atoms with Crippen molar-refractivity contribution >= 4 is 38.6 Å². The molecule has 1 aromatic carbocycles. The van der Waals surface area contributed by atoms with Gasteiger partial charge in [-0.3, -0.25) is 0 Å². The van der Waals surface area contributed by atoms with Crippen molar-refractivity contribution < 1.29 is 0 Å². The Balaban J connectivity index is 2.12. The second-order valence-corrected chi connectivity index (χ2v) is 6.39. The minimum atomic E-state index is 0.423. The highest BCUT2D eigenvalue weighted by Crippen LogP contribution is 2.28. The lowest BCUT2D eigenvalue weighted by Gasteiger charge is -2.28. The van der Waals surface area contributed by atoms with Gasteiger partial charge in [0.05, 0.1) is 11.4 Å². The first kappa shape index (κ1) is 13.4. The minimum absolute atomic E-state index is 0.423. The van der Waals surface area contributed by atoms with Gasteiger partial charge in [0, 0.05) is 28.9 Å². The molecule has 18 heavy (non-hydrogen) atoms. The number of thiophene rings is 1. The molecule has 0 saturated carbocycles. The van der Waals surface area contributed by atoms with Crippen molar-refractivity contribution in [3.8, 4) is 0 Å². The first-order valence-electron chi connectivity index (χ1n) is 5.88. The van der Waals surface area contributed by atoms with Crippen molar-refractivity contribution in [2.45, 2.75) is 19.4 Å². The van der Waals surface area contributed by atoms with Crippen LogP contribution in [-0.2, 0) is 6.42 Å². The van der Waals surface area contributed by atoms with Crippen LogP contribution < -0.4 is 10.6 Å². The maximum atomic E-state index is 6.06. The summed E-state index contributed by atoms with van der Waals surface area (Å²) in [4.78, 5) is 3.65. The summed E-state index contributed by atoms with van der Waals surface area (Å²) in [7, 11) is 2.10. The maximum Gasteiger partial charge on any atom is 0.0600 e. The zero-order valence-corrected chi connectivity index (χ0v) is 13.0. The summed E-state index contributed by atoms with van der Waals surface area (Å²) in [5, 5.41) is 2.12. The van der Waals surface area contributed by atoms with Crippen LogP contribution in [-0.4, -0.2) is 13.1 Å². The van der Waals surface area contributed by atoms with Gasteiger partial charge in [0.15, 0.2) is 0 Å². The molecule has 2 nitrogen and oxygen atoms in total. The monoisotopic (exact) mass is 324 g/mol. The van der Waals surface area contributed by atoms with Gasteiger partial charge in [-0.25, -0.2) is 0 Å². The van der Waals surface area contributed by atoms with E-state index in [9.17, 15) is 0 Å². The average Bonchev–Trinajstić information content (AvgIpc) is 2.81. The molecule has 1 aromatic heterocycles. The van der Waals surface area contributed by atoms with E-state index in [-0.39, 0.29) is 0 Å². The fourth-order valence-electron chi connectivity index (χ4n) is 1.94. The summed E-state index contributed by atoms with van der Waals surface area (Å²) < 4.78 is 1.02. The number of hydrogen-bond acceptors (Lipinski definition) is 3. The van der Waals surface area contributed by atoms with Crippen LogP contribution in [0.2, 0.25) is 0 Å². The predicted molar refractivity (Wildman–Crippen MR) is 84.4 cm³/mol. The number of nitrogens with zero attached hydrogens (tertiary/aromatic N) is 1. The van der Waals surface area contributed by atoms with E-state index in [4.69, 9.17) is 5.73 Å². The van der Waals surface area contributed by atoms with Crippen LogP contribution in [0.1, 0.15) is 11.8 Å². The lowest BCUT2D eigenvalue weighted by molar-refractivity contribution is 0.689. The molecule has 2 aromatic rings. The fourth-order valence-corrected chi connectivity index (χ4v) is 3.15. The van der Waals surface area contributed by atoms with E-state index >= 15 is 0 Å². The minimum Gasteiger partial charge on any atom is -0.397 e. The second-order valence-electron chi connectivity index (χ2n) is 4.45. The Morgan fingerprint density at radius 2 is 2.17 bits per heavy atom. The lowest BCUT2D eigenvalue weighted by atomic mass is 10.1. The van der Waals surface area contributed by atoms with Gasteiger partial charge in [0.1, 0.15) is 0 Å². The van der Waals surface area contributed by atoms with Gasteiger partial charge >= 0.3 is 0 Å². The van der Waals surface area contributed by atoms with E-state index in [1.165, 1.54) is 4.88 Å². The smallest absolute Gasteiger partial charge is 0.0600 e. The van der Waals surface area contributed by atoms with Crippen molar-refractivity contribution in [2.75, 3.05) is 17.7 Å². The van der Waals surface area contributed by atoms with E-state index in [1.807, 2.05) is 12.1 Å². The van der Waals surface area contributed by atoms with E-state index in [2.05, 4.69) is 58.4 Å². The molecule has 0 amide bonds. The molecule has 0 aliphatic rings. The third-order valence-corrected chi connectivity index (χ3v) is 4.50. The molecular weight excluding hydrogens is 308 g/mol.